The largest absolute Gasteiger partial charge is 0.348 e. The van der Waals surface area contributed by atoms with E-state index in [0.717, 1.165) is 24.1 Å². The van der Waals surface area contributed by atoms with Crippen LogP contribution in [0.2, 0.25) is 0 Å². The average Bonchev–Trinajstić information content (AvgIpc) is 3.11. The van der Waals surface area contributed by atoms with Gasteiger partial charge in [-0.2, -0.15) is 0 Å². The summed E-state index contributed by atoms with van der Waals surface area (Å²) in [5.41, 5.74) is 2.83. The van der Waals surface area contributed by atoms with Crippen LogP contribution in [-0.2, 0) is 17.9 Å². The lowest BCUT2D eigenvalue weighted by Gasteiger charge is -2.18. The van der Waals surface area contributed by atoms with Gasteiger partial charge in [0.1, 0.15) is 0 Å². The molecular formula is C23H28N4O3. The van der Waals surface area contributed by atoms with Crippen molar-refractivity contribution in [2.24, 2.45) is 0 Å². The van der Waals surface area contributed by atoms with E-state index in [0.29, 0.717) is 30.8 Å². The average molecular weight is 409 g/mol. The van der Waals surface area contributed by atoms with Gasteiger partial charge in [0.05, 0.1) is 11.3 Å². The third kappa shape index (κ3) is 5.59. The molecule has 3 rings (SSSR count). The summed E-state index contributed by atoms with van der Waals surface area (Å²) < 4.78 is 0. The summed E-state index contributed by atoms with van der Waals surface area (Å²) in [5, 5.41) is 8.41. The first-order valence-corrected chi connectivity index (χ1v) is 10.2. The molecule has 3 N–H and O–H groups in total. The molecule has 0 spiro atoms. The molecule has 0 radical (unpaired) electrons. The SMILES string of the molecule is CC(C)NC(=O)Nc1ccccc1C(=O)NCc1ccccc1CN1CCCC1=O. The van der Waals surface area contributed by atoms with Crippen molar-refractivity contribution in [3.05, 3.63) is 65.2 Å². The molecule has 30 heavy (non-hydrogen) atoms. The Labute approximate surface area is 176 Å². The summed E-state index contributed by atoms with van der Waals surface area (Å²) in [6, 6.07) is 14.3. The molecule has 0 saturated carbocycles. The molecule has 7 heteroatoms. The van der Waals surface area contributed by atoms with Crippen molar-refractivity contribution in [2.75, 3.05) is 11.9 Å². The smallest absolute Gasteiger partial charge is 0.319 e. The van der Waals surface area contributed by atoms with E-state index in [2.05, 4.69) is 16.0 Å². The summed E-state index contributed by atoms with van der Waals surface area (Å²) in [5.74, 6) is -0.101. The van der Waals surface area contributed by atoms with Crippen LogP contribution in [-0.4, -0.2) is 35.3 Å². The van der Waals surface area contributed by atoms with E-state index in [1.54, 1.807) is 24.3 Å². The first kappa shape index (κ1) is 21.4. The Bertz CT molecular complexity index is 926. The molecule has 7 nitrogen and oxygen atoms in total. The maximum atomic E-state index is 12.8. The van der Waals surface area contributed by atoms with Gasteiger partial charge >= 0.3 is 6.03 Å². The Morgan fingerprint density at radius 1 is 1.03 bits per heavy atom. The van der Waals surface area contributed by atoms with Crippen LogP contribution in [0.4, 0.5) is 10.5 Å². The van der Waals surface area contributed by atoms with E-state index in [9.17, 15) is 14.4 Å². The lowest BCUT2D eigenvalue weighted by atomic mass is 10.1. The third-order valence-corrected chi connectivity index (χ3v) is 4.93. The predicted molar refractivity (Wildman–Crippen MR) is 116 cm³/mol. The Balaban J connectivity index is 1.67. The van der Waals surface area contributed by atoms with Gasteiger partial charge in [-0.3, -0.25) is 9.59 Å². The zero-order valence-electron chi connectivity index (χ0n) is 17.4. The molecular weight excluding hydrogens is 380 g/mol. The fraction of sp³-hybridized carbons (Fsp3) is 0.348. The number of likely N-dealkylation sites (tertiary alicyclic amines) is 1. The molecule has 2 aromatic carbocycles. The number of hydrogen-bond acceptors (Lipinski definition) is 3. The van der Waals surface area contributed by atoms with E-state index < -0.39 is 0 Å². The van der Waals surface area contributed by atoms with Crippen LogP contribution >= 0.6 is 0 Å². The highest BCUT2D eigenvalue weighted by atomic mass is 16.2. The van der Waals surface area contributed by atoms with Crippen LogP contribution < -0.4 is 16.0 Å². The molecule has 1 aliphatic rings. The molecule has 4 amide bonds. The van der Waals surface area contributed by atoms with E-state index in [-0.39, 0.29) is 23.9 Å². The number of nitrogens with zero attached hydrogens (tertiary/aromatic N) is 1. The number of benzene rings is 2. The second-order valence-electron chi connectivity index (χ2n) is 7.67. The number of rotatable bonds is 7. The van der Waals surface area contributed by atoms with Crippen LogP contribution in [0.15, 0.2) is 48.5 Å². The van der Waals surface area contributed by atoms with E-state index in [4.69, 9.17) is 0 Å². The normalized spacial score (nSPS) is 13.4. The van der Waals surface area contributed by atoms with Gasteiger partial charge in [-0.25, -0.2) is 4.79 Å². The summed E-state index contributed by atoms with van der Waals surface area (Å²) in [6.07, 6.45) is 1.50. The van der Waals surface area contributed by atoms with Crippen molar-refractivity contribution in [3.8, 4) is 0 Å². The third-order valence-electron chi connectivity index (χ3n) is 4.93. The van der Waals surface area contributed by atoms with Gasteiger partial charge in [-0.05, 0) is 43.5 Å². The highest BCUT2D eigenvalue weighted by Crippen LogP contribution is 2.18. The van der Waals surface area contributed by atoms with E-state index in [1.165, 1.54) is 0 Å². The van der Waals surface area contributed by atoms with Crippen molar-refractivity contribution in [1.82, 2.24) is 15.5 Å². The van der Waals surface area contributed by atoms with Gasteiger partial charge < -0.3 is 20.9 Å². The molecule has 0 unspecified atom stereocenters. The number of amides is 4. The molecule has 0 atom stereocenters. The zero-order chi connectivity index (χ0) is 21.5. The van der Waals surface area contributed by atoms with Crippen molar-refractivity contribution in [2.45, 2.75) is 45.8 Å². The number of para-hydroxylation sites is 1. The highest BCUT2D eigenvalue weighted by Gasteiger charge is 2.21. The van der Waals surface area contributed by atoms with Gasteiger partial charge in [-0.1, -0.05) is 36.4 Å². The standard InChI is InChI=1S/C23H28N4O3/c1-16(2)25-23(30)26-20-11-6-5-10-19(20)22(29)24-14-17-8-3-4-9-18(17)15-27-13-7-12-21(27)28/h3-6,8-11,16H,7,12-15H2,1-2H3,(H,24,29)(H2,25,26,30). The maximum Gasteiger partial charge on any atom is 0.319 e. The fourth-order valence-corrected chi connectivity index (χ4v) is 3.44. The van der Waals surface area contributed by atoms with Gasteiger partial charge in [0.25, 0.3) is 5.91 Å². The van der Waals surface area contributed by atoms with Gasteiger partial charge in [0.2, 0.25) is 5.91 Å². The van der Waals surface area contributed by atoms with Crippen molar-refractivity contribution in [3.63, 3.8) is 0 Å². The van der Waals surface area contributed by atoms with Crippen LogP contribution in [0.3, 0.4) is 0 Å². The Hall–Kier alpha value is -3.35. The van der Waals surface area contributed by atoms with E-state index >= 15 is 0 Å². The topological polar surface area (TPSA) is 90.5 Å². The minimum atomic E-state index is -0.356. The lowest BCUT2D eigenvalue weighted by molar-refractivity contribution is -0.128. The minimum absolute atomic E-state index is 0.00928. The second-order valence-corrected chi connectivity index (χ2v) is 7.67. The van der Waals surface area contributed by atoms with Gasteiger partial charge in [-0.15, -0.1) is 0 Å². The number of nitrogens with one attached hydrogen (secondary N) is 3. The van der Waals surface area contributed by atoms with E-state index in [1.807, 2.05) is 43.0 Å². The number of urea groups is 1. The number of anilines is 1. The van der Waals surface area contributed by atoms with Crippen LogP contribution in [0.25, 0.3) is 0 Å². The summed E-state index contributed by atoms with van der Waals surface area (Å²) in [7, 11) is 0. The van der Waals surface area contributed by atoms with Crippen LogP contribution in [0.1, 0.15) is 48.2 Å². The van der Waals surface area contributed by atoms with Crippen LogP contribution in [0.5, 0.6) is 0 Å². The number of carbonyl (C=O) groups is 3. The Morgan fingerprint density at radius 2 is 1.73 bits per heavy atom. The molecule has 158 valence electrons. The second kappa shape index (κ2) is 9.91. The van der Waals surface area contributed by atoms with Crippen molar-refractivity contribution < 1.29 is 14.4 Å². The van der Waals surface area contributed by atoms with Gasteiger partial charge in [0.15, 0.2) is 0 Å². The number of hydrogen-bond donors (Lipinski definition) is 3. The summed E-state index contributed by atoms with van der Waals surface area (Å²) in [4.78, 5) is 38.6. The predicted octanol–water partition coefficient (Wildman–Crippen LogP) is 3.27. The Morgan fingerprint density at radius 3 is 2.43 bits per heavy atom. The summed E-state index contributed by atoms with van der Waals surface area (Å²) in [6.45, 7) is 5.40. The molecule has 0 aliphatic carbocycles. The molecule has 1 fully saturated rings. The molecule has 2 aromatic rings. The first-order valence-electron chi connectivity index (χ1n) is 10.2. The highest BCUT2D eigenvalue weighted by molar-refractivity contribution is 6.03. The monoisotopic (exact) mass is 408 g/mol. The van der Waals surface area contributed by atoms with Gasteiger partial charge in [0, 0.05) is 32.1 Å². The molecule has 1 saturated heterocycles. The van der Waals surface area contributed by atoms with Crippen molar-refractivity contribution in [1.29, 1.82) is 0 Å². The fourth-order valence-electron chi connectivity index (χ4n) is 3.44. The number of carbonyl (C=O) groups excluding carboxylic acids is 3. The quantitative estimate of drug-likeness (QED) is 0.657. The first-order chi connectivity index (χ1) is 14.4. The van der Waals surface area contributed by atoms with Crippen LogP contribution in [0, 0.1) is 0 Å². The molecule has 0 bridgehead atoms. The lowest BCUT2D eigenvalue weighted by Crippen LogP contribution is -2.35. The minimum Gasteiger partial charge on any atom is -0.348 e. The maximum absolute atomic E-state index is 12.8. The van der Waals surface area contributed by atoms with Crippen molar-refractivity contribution >= 4 is 23.5 Å². The zero-order valence-corrected chi connectivity index (χ0v) is 17.4. The molecule has 0 aromatic heterocycles. The Kier molecular flexibility index (Phi) is 7.06. The molecule has 1 aliphatic heterocycles. The molecule has 1 heterocycles. The summed E-state index contributed by atoms with van der Waals surface area (Å²) >= 11 is 0.